The SMILES string of the molecule is CCNC(=NCc1ccc(NCCOC)cc1)N1CCCC(C(=O)OCC)C1.I. The van der Waals surface area contributed by atoms with Gasteiger partial charge in [-0.25, -0.2) is 4.99 Å². The fourth-order valence-electron chi connectivity index (χ4n) is 3.24. The number of hydrogen-bond acceptors (Lipinski definition) is 5. The van der Waals surface area contributed by atoms with Gasteiger partial charge in [-0.2, -0.15) is 0 Å². The summed E-state index contributed by atoms with van der Waals surface area (Å²) in [4.78, 5) is 19.1. The van der Waals surface area contributed by atoms with Gasteiger partial charge in [0.1, 0.15) is 0 Å². The van der Waals surface area contributed by atoms with Crippen LogP contribution in [0.5, 0.6) is 0 Å². The van der Waals surface area contributed by atoms with E-state index in [1.54, 1.807) is 7.11 Å². The van der Waals surface area contributed by atoms with Crippen LogP contribution in [-0.2, 0) is 20.8 Å². The monoisotopic (exact) mass is 518 g/mol. The Kier molecular flexibility index (Phi) is 12.7. The van der Waals surface area contributed by atoms with Crippen molar-refractivity contribution in [2.75, 3.05) is 51.8 Å². The van der Waals surface area contributed by atoms with E-state index in [-0.39, 0.29) is 35.9 Å². The van der Waals surface area contributed by atoms with Gasteiger partial charge in [0.15, 0.2) is 5.96 Å². The molecule has 29 heavy (non-hydrogen) atoms. The molecule has 1 atom stereocenters. The summed E-state index contributed by atoms with van der Waals surface area (Å²) in [5, 5.41) is 6.67. The smallest absolute Gasteiger partial charge is 0.310 e. The minimum atomic E-state index is -0.0976. The summed E-state index contributed by atoms with van der Waals surface area (Å²) in [5.41, 5.74) is 2.22. The number of ether oxygens (including phenoxy) is 2. The number of carbonyl (C=O) groups is 1. The molecule has 8 heteroatoms. The minimum absolute atomic E-state index is 0. The molecule has 1 aromatic carbocycles. The summed E-state index contributed by atoms with van der Waals surface area (Å²) in [6.07, 6.45) is 1.85. The van der Waals surface area contributed by atoms with E-state index in [2.05, 4.69) is 46.7 Å². The van der Waals surface area contributed by atoms with Gasteiger partial charge >= 0.3 is 5.97 Å². The zero-order valence-electron chi connectivity index (χ0n) is 17.8. The normalized spacial score (nSPS) is 16.7. The summed E-state index contributed by atoms with van der Waals surface area (Å²) in [5.74, 6) is 0.688. The van der Waals surface area contributed by atoms with E-state index >= 15 is 0 Å². The molecule has 0 spiro atoms. The van der Waals surface area contributed by atoms with Crippen LogP contribution in [0.1, 0.15) is 32.3 Å². The lowest BCUT2D eigenvalue weighted by Gasteiger charge is -2.34. The van der Waals surface area contributed by atoms with Gasteiger partial charge in [0.25, 0.3) is 0 Å². The average Bonchev–Trinajstić information content (AvgIpc) is 2.72. The molecule has 0 aliphatic carbocycles. The second-order valence-corrected chi connectivity index (χ2v) is 6.82. The van der Waals surface area contributed by atoms with E-state index in [0.29, 0.717) is 26.3 Å². The van der Waals surface area contributed by atoms with Crippen molar-refractivity contribution in [1.29, 1.82) is 0 Å². The molecular formula is C21H35IN4O3. The summed E-state index contributed by atoms with van der Waals surface area (Å²) in [7, 11) is 1.70. The summed E-state index contributed by atoms with van der Waals surface area (Å²) >= 11 is 0. The molecule has 0 bridgehead atoms. The van der Waals surface area contributed by atoms with Crippen molar-refractivity contribution in [3.05, 3.63) is 29.8 Å². The second kappa shape index (κ2) is 14.4. The van der Waals surface area contributed by atoms with Crippen LogP contribution in [0.4, 0.5) is 5.69 Å². The lowest BCUT2D eigenvalue weighted by Crippen LogP contribution is -2.48. The molecule has 1 aliphatic rings. The zero-order chi connectivity index (χ0) is 20.2. The number of esters is 1. The Bertz CT molecular complexity index is 625. The largest absolute Gasteiger partial charge is 0.466 e. The molecule has 164 valence electrons. The summed E-state index contributed by atoms with van der Waals surface area (Å²) in [6, 6.07) is 8.29. The summed E-state index contributed by atoms with van der Waals surface area (Å²) in [6.45, 7) is 8.76. The Labute approximate surface area is 191 Å². The van der Waals surface area contributed by atoms with Crippen LogP contribution in [-0.4, -0.2) is 63.3 Å². The first-order valence-corrected chi connectivity index (χ1v) is 10.2. The van der Waals surface area contributed by atoms with E-state index in [4.69, 9.17) is 14.5 Å². The standard InChI is InChI=1S/C21H34N4O3.HI/c1-4-22-21(25-13-6-7-18(16-25)20(26)28-5-2)24-15-17-8-10-19(11-9-17)23-12-14-27-3;/h8-11,18,23H,4-7,12-16H2,1-3H3,(H,22,24);1H. The van der Waals surface area contributed by atoms with E-state index in [1.165, 1.54) is 0 Å². The molecular weight excluding hydrogens is 483 g/mol. The Morgan fingerprint density at radius 2 is 2.03 bits per heavy atom. The van der Waals surface area contributed by atoms with Crippen molar-refractivity contribution < 1.29 is 14.3 Å². The second-order valence-electron chi connectivity index (χ2n) is 6.82. The molecule has 1 saturated heterocycles. The Morgan fingerprint density at radius 1 is 1.28 bits per heavy atom. The molecule has 0 amide bonds. The lowest BCUT2D eigenvalue weighted by molar-refractivity contribution is -0.149. The topological polar surface area (TPSA) is 75.2 Å². The van der Waals surface area contributed by atoms with E-state index in [1.807, 2.05) is 6.92 Å². The predicted octanol–water partition coefficient (Wildman–Crippen LogP) is 3.10. The highest BCUT2D eigenvalue weighted by Gasteiger charge is 2.28. The first kappa shape index (κ1) is 25.5. The van der Waals surface area contributed by atoms with E-state index in [9.17, 15) is 4.79 Å². The molecule has 0 aromatic heterocycles. The van der Waals surface area contributed by atoms with Crippen LogP contribution in [0.3, 0.4) is 0 Å². The van der Waals surface area contributed by atoms with Crippen LogP contribution in [0.2, 0.25) is 0 Å². The number of benzene rings is 1. The number of piperidine rings is 1. The first-order chi connectivity index (χ1) is 13.7. The molecule has 1 fully saturated rings. The highest BCUT2D eigenvalue weighted by Crippen LogP contribution is 2.18. The number of methoxy groups -OCH3 is 1. The summed E-state index contributed by atoms with van der Waals surface area (Å²) < 4.78 is 10.3. The number of carbonyl (C=O) groups excluding carboxylic acids is 1. The van der Waals surface area contributed by atoms with Gasteiger partial charge in [-0.1, -0.05) is 12.1 Å². The zero-order valence-corrected chi connectivity index (χ0v) is 20.1. The van der Waals surface area contributed by atoms with Crippen LogP contribution in [0.15, 0.2) is 29.3 Å². The number of aliphatic imine (C=N–C) groups is 1. The maximum absolute atomic E-state index is 12.1. The van der Waals surface area contributed by atoms with Gasteiger partial charge in [0.2, 0.25) is 0 Å². The molecule has 1 aliphatic heterocycles. The minimum Gasteiger partial charge on any atom is -0.466 e. The Hall–Kier alpha value is -1.55. The Morgan fingerprint density at radius 3 is 2.69 bits per heavy atom. The number of guanidine groups is 1. The third kappa shape index (κ3) is 8.77. The quantitative estimate of drug-likeness (QED) is 0.172. The fraction of sp³-hybridized carbons (Fsp3) is 0.619. The van der Waals surface area contributed by atoms with Gasteiger partial charge in [-0.3, -0.25) is 4.79 Å². The van der Waals surface area contributed by atoms with Crippen molar-refractivity contribution >= 4 is 41.6 Å². The van der Waals surface area contributed by atoms with Crippen molar-refractivity contribution in [2.45, 2.75) is 33.2 Å². The number of likely N-dealkylation sites (tertiary alicyclic amines) is 1. The number of nitrogens with one attached hydrogen (secondary N) is 2. The first-order valence-electron chi connectivity index (χ1n) is 10.2. The highest BCUT2D eigenvalue weighted by molar-refractivity contribution is 14.0. The number of halogens is 1. The third-order valence-corrected chi connectivity index (χ3v) is 4.68. The third-order valence-electron chi connectivity index (χ3n) is 4.68. The fourth-order valence-corrected chi connectivity index (χ4v) is 3.24. The van der Waals surface area contributed by atoms with Crippen molar-refractivity contribution in [3.63, 3.8) is 0 Å². The molecule has 7 nitrogen and oxygen atoms in total. The van der Waals surface area contributed by atoms with Crippen LogP contribution >= 0.6 is 24.0 Å². The molecule has 1 unspecified atom stereocenters. The lowest BCUT2D eigenvalue weighted by atomic mass is 9.98. The molecule has 2 N–H and O–H groups in total. The van der Waals surface area contributed by atoms with Gasteiger partial charge < -0.3 is 25.0 Å². The predicted molar refractivity (Wildman–Crippen MR) is 128 cm³/mol. The number of anilines is 1. The van der Waals surface area contributed by atoms with Crippen LogP contribution < -0.4 is 10.6 Å². The molecule has 0 saturated carbocycles. The van der Waals surface area contributed by atoms with Crippen LogP contribution in [0.25, 0.3) is 0 Å². The van der Waals surface area contributed by atoms with Crippen molar-refractivity contribution in [3.8, 4) is 0 Å². The maximum atomic E-state index is 12.1. The molecule has 2 rings (SSSR count). The average molecular weight is 518 g/mol. The molecule has 1 heterocycles. The Balaban J connectivity index is 0.00000420. The highest BCUT2D eigenvalue weighted by atomic mass is 127. The molecule has 1 aromatic rings. The van der Waals surface area contributed by atoms with Crippen molar-refractivity contribution in [1.82, 2.24) is 10.2 Å². The van der Waals surface area contributed by atoms with Gasteiger partial charge in [-0.15, -0.1) is 24.0 Å². The number of rotatable bonds is 9. The number of nitrogens with zero attached hydrogens (tertiary/aromatic N) is 2. The van der Waals surface area contributed by atoms with Gasteiger partial charge in [0, 0.05) is 39.0 Å². The van der Waals surface area contributed by atoms with E-state index in [0.717, 1.165) is 49.7 Å². The maximum Gasteiger partial charge on any atom is 0.310 e. The van der Waals surface area contributed by atoms with Gasteiger partial charge in [0.05, 0.1) is 25.7 Å². The van der Waals surface area contributed by atoms with Crippen molar-refractivity contribution in [2.24, 2.45) is 10.9 Å². The molecule has 0 radical (unpaired) electrons. The number of hydrogen-bond donors (Lipinski definition) is 2. The van der Waals surface area contributed by atoms with E-state index < -0.39 is 0 Å². The van der Waals surface area contributed by atoms with Gasteiger partial charge in [-0.05, 0) is 44.4 Å². The van der Waals surface area contributed by atoms with Crippen LogP contribution in [0, 0.1) is 5.92 Å².